The largest absolute Gasteiger partial charge is 0.455 e. The van der Waals surface area contributed by atoms with E-state index in [0.717, 1.165) is 11.4 Å². The molecule has 2 saturated carbocycles. The van der Waals surface area contributed by atoms with Crippen LogP contribution >= 0.6 is 0 Å². The van der Waals surface area contributed by atoms with Crippen LogP contribution in [0.2, 0.25) is 0 Å². The minimum Gasteiger partial charge on any atom is -0.455 e. The van der Waals surface area contributed by atoms with Crippen LogP contribution < -0.4 is 0 Å². The van der Waals surface area contributed by atoms with Crippen molar-refractivity contribution in [3.8, 4) is 17.4 Å². The van der Waals surface area contributed by atoms with Gasteiger partial charge >= 0.3 is 0 Å². The summed E-state index contributed by atoms with van der Waals surface area (Å²) in [5.74, 6) is 1.57. The fraction of sp³-hybridized carbons (Fsp3) is 0.304. The van der Waals surface area contributed by atoms with E-state index in [1.54, 1.807) is 24.3 Å². The summed E-state index contributed by atoms with van der Waals surface area (Å²) >= 11 is 0. The van der Waals surface area contributed by atoms with Crippen LogP contribution in [-0.2, 0) is 9.59 Å². The number of nitrogens with zero attached hydrogens (tertiary/aromatic N) is 3. The number of furan rings is 1. The number of hydrogen-bond acceptors (Lipinski definition) is 5. The highest BCUT2D eigenvalue weighted by Gasteiger charge is 2.67. The number of hydrazone groups is 1. The lowest BCUT2D eigenvalue weighted by Gasteiger charge is -2.37. The van der Waals surface area contributed by atoms with E-state index in [1.807, 2.05) is 12.1 Å². The molecule has 0 radical (unpaired) electrons. The minimum absolute atomic E-state index is 0.185. The zero-order valence-corrected chi connectivity index (χ0v) is 15.4. The number of imide groups is 1. The van der Waals surface area contributed by atoms with Gasteiger partial charge in [0.15, 0.2) is 0 Å². The predicted octanol–water partition coefficient (Wildman–Crippen LogP) is 3.21. The van der Waals surface area contributed by atoms with Gasteiger partial charge in [0.25, 0.3) is 11.8 Å². The van der Waals surface area contributed by atoms with Crippen molar-refractivity contribution < 1.29 is 14.0 Å². The fourth-order valence-electron chi connectivity index (χ4n) is 5.53. The monoisotopic (exact) mass is 383 g/mol. The van der Waals surface area contributed by atoms with Crippen LogP contribution in [0.25, 0.3) is 11.3 Å². The Morgan fingerprint density at radius 2 is 1.72 bits per heavy atom. The van der Waals surface area contributed by atoms with Gasteiger partial charge in [0.2, 0.25) is 0 Å². The molecular weight excluding hydrogens is 366 g/mol. The predicted molar refractivity (Wildman–Crippen MR) is 103 cm³/mol. The quantitative estimate of drug-likeness (QED) is 0.463. The van der Waals surface area contributed by atoms with E-state index in [-0.39, 0.29) is 35.5 Å². The number of carbonyl (C=O) groups is 2. The summed E-state index contributed by atoms with van der Waals surface area (Å²) in [5.41, 5.74) is 1.21. The van der Waals surface area contributed by atoms with Crippen molar-refractivity contribution in [3.05, 3.63) is 59.9 Å². The van der Waals surface area contributed by atoms with Crippen molar-refractivity contribution in [1.82, 2.24) is 5.01 Å². The number of hydrogen-bond donors (Lipinski definition) is 0. The Kier molecular flexibility index (Phi) is 3.28. The van der Waals surface area contributed by atoms with Crippen LogP contribution in [0.5, 0.6) is 0 Å². The number of benzene rings is 1. The Morgan fingerprint density at radius 3 is 2.41 bits per heavy atom. The molecule has 5 aliphatic rings. The third-order valence-electron chi connectivity index (χ3n) is 6.88. The van der Waals surface area contributed by atoms with E-state index in [2.05, 4.69) is 23.3 Å². The average molecular weight is 383 g/mol. The highest BCUT2D eigenvalue weighted by molar-refractivity contribution is 6.06. The van der Waals surface area contributed by atoms with E-state index in [1.165, 1.54) is 6.21 Å². The molecule has 6 heteroatoms. The summed E-state index contributed by atoms with van der Waals surface area (Å²) in [6, 6.07) is 12.8. The molecule has 2 heterocycles. The molecule has 1 saturated heterocycles. The minimum atomic E-state index is -0.256. The Bertz CT molecular complexity index is 1120. The molecule has 1 aromatic carbocycles. The average Bonchev–Trinajstić information content (AvgIpc) is 3.39. The maximum Gasteiger partial charge on any atom is 0.254 e. The number of allylic oxidation sites excluding steroid dienone is 2. The first-order valence-electron chi connectivity index (χ1n) is 9.87. The molecule has 3 fully saturated rings. The number of amides is 2. The summed E-state index contributed by atoms with van der Waals surface area (Å²) in [6.45, 7) is 0. The van der Waals surface area contributed by atoms with Crippen molar-refractivity contribution in [2.75, 3.05) is 0 Å². The summed E-state index contributed by atoms with van der Waals surface area (Å²) in [7, 11) is 0. The molecule has 6 nitrogen and oxygen atoms in total. The molecular formula is C23H17N3O3. The Labute approximate surface area is 167 Å². The van der Waals surface area contributed by atoms with E-state index < -0.39 is 0 Å². The van der Waals surface area contributed by atoms with Gasteiger partial charge in [-0.2, -0.15) is 15.4 Å². The summed E-state index contributed by atoms with van der Waals surface area (Å²) in [6.07, 6.45) is 6.83. The lowest BCUT2D eigenvalue weighted by atomic mass is 9.63. The van der Waals surface area contributed by atoms with E-state index >= 15 is 0 Å². The van der Waals surface area contributed by atoms with Crippen molar-refractivity contribution in [3.63, 3.8) is 0 Å². The number of rotatable bonds is 3. The van der Waals surface area contributed by atoms with E-state index in [0.29, 0.717) is 34.5 Å². The topological polar surface area (TPSA) is 86.7 Å². The van der Waals surface area contributed by atoms with E-state index in [9.17, 15) is 14.9 Å². The maximum absolute atomic E-state index is 12.9. The third kappa shape index (κ3) is 2.24. The molecule has 2 amide bonds. The van der Waals surface area contributed by atoms with Gasteiger partial charge in [0.05, 0.1) is 29.7 Å². The molecule has 0 N–H and O–H groups in total. The van der Waals surface area contributed by atoms with Crippen LogP contribution in [0.1, 0.15) is 17.7 Å². The lowest BCUT2D eigenvalue weighted by Crippen LogP contribution is -2.40. The van der Waals surface area contributed by atoms with Gasteiger partial charge < -0.3 is 4.42 Å². The molecule has 2 aromatic rings. The first-order chi connectivity index (χ1) is 14.2. The van der Waals surface area contributed by atoms with Gasteiger partial charge in [-0.05, 0) is 54.4 Å². The molecule has 1 aromatic heterocycles. The standard InChI is InChI=1S/C23H17N3O3/c24-10-12-3-1-2-4-14(12)19-8-5-13(29-19)11-25-26-22(27)20-15-6-7-16(18-9-17(15)18)21(20)23(26)28/h1-8,11,15-18,20-21H,9H2/b25-11-/t15-,16+,17-,18-,20+,21-/m1/s1. The highest BCUT2D eigenvalue weighted by atomic mass is 16.3. The third-order valence-corrected chi connectivity index (χ3v) is 6.88. The molecule has 7 rings (SSSR count). The summed E-state index contributed by atoms with van der Waals surface area (Å²) in [5, 5.41) is 14.5. The Hall–Kier alpha value is -3.46. The molecule has 29 heavy (non-hydrogen) atoms. The smallest absolute Gasteiger partial charge is 0.254 e. The van der Waals surface area contributed by atoms with Crippen LogP contribution in [0.4, 0.5) is 0 Å². The Morgan fingerprint density at radius 1 is 1.03 bits per heavy atom. The molecule has 142 valence electrons. The van der Waals surface area contributed by atoms with Gasteiger partial charge in [-0.1, -0.05) is 24.3 Å². The zero-order valence-electron chi connectivity index (χ0n) is 15.4. The van der Waals surface area contributed by atoms with Gasteiger partial charge in [-0.25, -0.2) is 0 Å². The zero-order chi connectivity index (χ0) is 19.7. The highest BCUT2D eigenvalue weighted by Crippen LogP contribution is 2.65. The van der Waals surface area contributed by atoms with Crippen molar-refractivity contribution in [1.29, 1.82) is 5.26 Å². The van der Waals surface area contributed by atoms with Crippen LogP contribution in [-0.4, -0.2) is 23.0 Å². The van der Waals surface area contributed by atoms with Gasteiger partial charge in [0.1, 0.15) is 11.5 Å². The Balaban J connectivity index is 1.26. The van der Waals surface area contributed by atoms with Crippen LogP contribution in [0, 0.1) is 46.8 Å². The molecule has 4 aliphatic carbocycles. The van der Waals surface area contributed by atoms with Gasteiger partial charge in [-0.15, -0.1) is 0 Å². The van der Waals surface area contributed by atoms with Crippen LogP contribution in [0.15, 0.2) is 58.1 Å². The van der Waals surface area contributed by atoms with Crippen molar-refractivity contribution in [2.24, 2.45) is 40.6 Å². The van der Waals surface area contributed by atoms with Crippen molar-refractivity contribution >= 4 is 18.0 Å². The second-order valence-electron chi connectivity index (χ2n) is 8.25. The molecule has 1 aliphatic heterocycles. The second kappa shape index (κ2) is 5.77. The van der Waals surface area contributed by atoms with Gasteiger partial charge in [-0.3, -0.25) is 9.59 Å². The van der Waals surface area contributed by atoms with Crippen molar-refractivity contribution in [2.45, 2.75) is 6.42 Å². The molecule has 6 atom stereocenters. The maximum atomic E-state index is 12.9. The normalized spacial score (nSPS) is 33.8. The molecule has 0 spiro atoms. The number of nitriles is 1. The summed E-state index contributed by atoms with van der Waals surface area (Å²) in [4.78, 5) is 25.9. The lowest BCUT2D eigenvalue weighted by molar-refractivity contribution is -0.140. The molecule has 0 unspecified atom stereocenters. The number of carbonyl (C=O) groups excluding carboxylic acids is 2. The second-order valence-corrected chi connectivity index (χ2v) is 8.25. The fourth-order valence-corrected chi connectivity index (χ4v) is 5.53. The first-order valence-corrected chi connectivity index (χ1v) is 9.87. The first kappa shape index (κ1) is 16.5. The van der Waals surface area contributed by atoms with E-state index in [4.69, 9.17) is 4.42 Å². The van der Waals surface area contributed by atoms with Gasteiger partial charge in [0, 0.05) is 5.56 Å². The summed E-state index contributed by atoms with van der Waals surface area (Å²) < 4.78 is 5.78. The SMILES string of the molecule is N#Cc1ccccc1-c1ccc(/C=N\N2C(=O)[C@@H]3[C@H]4C=C[C@H]([C@H]5C[C@H]45)[C@@H]3C2=O)o1. The van der Waals surface area contributed by atoms with Crippen LogP contribution in [0.3, 0.4) is 0 Å². The molecule has 2 bridgehead atoms.